The van der Waals surface area contributed by atoms with Crippen molar-refractivity contribution in [3.8, 4) is 11.1 Å². The molecule has 2 unspecified atom stereocenters. The van der Waals surface area contributed by atoms with Gasteiger partial charge in [0.15, 0.2) is 0 Å². The fourth-order valence-electron chi connectivity index (χ4n) is 5.63. The first-order chi connectivity index (χ1) is 16.4. The van der Waals surface area contributed by atoms with Gasteiger partial charge in [0.25, 0.3) is 16.1 Å². The van der Waals surface area contributed by atoms with Crippen LogP contribution in [0.2, 0.25) is 0 Å². The van der Waals surface area contributed by atoms with Gasteiger partial charge in [-0.05, 0) is 42.7 Å². The average Bonchev–Trinajstić information content (AvgIpc) is 2.97. The third kappa shape index (κ3) is 4.05. The number of alkyl halides is 2. The number of rotatable bonds is 7. The summed E-state index contributed by atoms with van der Waals surface area (Å²) in [7, 11) is -1.77. The van der Waals surface area contributed by atoms with E-state index in [-0.39, 0.29) is 17.9 Å². The Morgan fingerprint density at radius 2 is 1.74 bits per heavy atom. The molecule has 0 aromatic heterocycles. The topological polar surface area (TPSA) is 69.7 Å². The predicted molar refractivity (Wildman–Crippen MR) is 125 cm³/mol. The largest absolute Gasteiger partial charge is 0.331 e. The summed E-state index contributed by atoms with van der Waals surface area (Å²) in [4.78, 5) is 14.5. The van der Waals surface area contributed by atoms with E-state index in [1.807, 2.05) is 6.07 Å². The van der Waals surface area contributed by atoms with Crippen molar-refractivity contribution in [2.24, 2.45) is 11.3 Å². The molecule has 2 bridgehead atoms. The quantitative estimate of drug-likeness (QED) is 0.624. The summed E-state index contributed by atoms with van der Waals surface area (Å²) in [5.41, 5.74) is 0.475. The predicted octanol–water partition coefficient (Wildman–Crippen LogP) is 3.45. The van der Waals surface area contributed by atoms with Crippen LogP contribution in [0.1, 0.15) is 24.8 Å². The number of halogens is 3. The first-order valence-corrected chi connectivity index (χ1v) is 13.1. The van der Waals surface area contributed by atoms with E-state index in [0.717, 1.165) is 9.21 Å². The number of hydrogen-bond acceptors (Lipinski definition) is 3. The molecule has 4 fully saturated rings. The molecule has 6 rings (SSSR count). The molecule has 1 saturated heterocycles. The zero-order valence-corrected chi connectivity index (χ0v) is 20.4. The number of nitrogens with one attached hydrogen (secondary N) is 1. The van der Waals surface area contributed by atoms with Crippen LogP contribution in [0.4, 0.5) is 13.2 Å². The van der Waals surface area contributed by atoms with Crippen LogP contribution in [0.5, 0.6) is 0 Å². The minimum atomic E-state index is -4.23. The van der Waals surface area contributed by atoms with Crippen molar-refractivity contribution in [3.05, 3.63) is 59.9 Å². The molecule has 2 atom stereocenters. The Morgan fingerprint density at radius 3 is 2.31 bits per heavy atom. The molecule has 10 heteroatoms. The molecule has 3 saturated carbocycles. The first-order valence-electron chi connectivity index (χ1n) is 11.6. The van der Waals surface area contributed by atoms with Gasteiger partial charge in [0.1, 0.15) is 11.9 Å². The van der Waals surface area contributed by atoms with Crippen molar-refractivity contribution in [3.63, 3.8) is 0 Å². The maximum absolute atomic E-state index is 15.6. The van der Waals surface area contributed by atoms with Crippen molar-refractivity contribution in [1.29, 1.82) is 0 Å². The summed E-state index contributed by atoms with van der Waals surface area (Å²) in [5.74, 6) is -4.00. The average molecular weight is 508 g/mol. The molecule has 3 aliphatic carbocycles. The summed E-state index contributed by atoms with van der Waals surface area (Å²) >= 11 is 0. The molecule has 6 nitrogen and oxygen atoms in total. The number of benzene rings is 2. The Balaban J connectivity index is 1.52. The highest BCUT2D eigenvalue weighted by molar-refractivity contribution is 7.87. The van der Waals surface area contributed by atoms with Gasteiger partial charge in [-0.25, -0.2) is 13.2 Å². The van der Waals surface area contributed by atoms with E-state index >= 15 is 13.2 Å². The lowest BCUT2D eigenvalue weighted by atomic mass is 9.44. The van der Waals surface area contributed by atoms with E-state index in [0.29, 0.717) is 36.3 Å². The number of likely N-dealkylation sites (tertiary alicyclic amines) is 1. The molecule has 1 N–H and O–H groups in total. The molecular formula is C25H28F3N3O3S. The van der Waals surface area contributed by atoms with Crippen LogP contribution in [-0.4, -0.2) is 62.2 Å². The van der Waals surface area contributed by atoms with Crippen LogP contribution in [0.25, 0.3) is 11.1 Å². The van der Waals surface area contributed by atoms with Gasteiger partial charge in [0.05, 0.1) is 18.0 Å². The van der Waals surface area contributed by atoms with Gasteiger partial charge in [-0.2, -0.15) is 17.4 Å². The second kappa shape index (κ2) is 8.31. The van der Waals surface area contributed by atoms with Crippen molar-refractivity contribution >= 4 is 16.1 Å². The van der Waals surface area contributed by atoms with E-state index in [9.17, 15) is 13.2 Å². The van der Waals surface area contributed by atoms with Crippen molar-refractivity contribution in [2.45, 2.75) is 43.7 Å². The van der Waals surface area contributed by atoms with Gasteiger partial charge < -0.3 is 4.90 Å². The lowest BCUT2D eigenvalue weighted by Crippen LogP contribution is -2.63. The van der Waals surface area contributed by atoms with Crippen LogP contribution in [-0.2, 0) is 21.4 Å². The Kier molecular flexibility index (Phi) is 5.77. The zero-order chi connectivity index (χ0) is 25.2. The number of carbonyl (C=O) groups is 1. The normalized spacial score (nSPS) is 29.1. The molecule has 2 aromatic rings. The minimum absolute atomic E-state index is 0.151. The van der Waals surface area contributed by atoms with Gasteiger partial charge in [-0.15, -0.1) is 0 Å². The summed E-state index contributed by atoms with van der Waals surface area (Å²) in [6.45, 7) is -0.899. The number of nitrogens with zero attached hydrogens (tertiary/aromatic N) is 2. The highest BCUT2D eigenvalue weighted by atomic mass is 32.2. The Morgan fingerprint density at radius 1 is 1.09 bits per heavy atom. The molecule has 4 aliphatic rings. The molecule has 1 heterocycles. The zero-order valence-electron chi connectivity index (χ0n) is 19.5. The van der Waals surface area contributed by atoms with E-state index in [1.54, 1.807) is 36.4 Å². The molecule has 1 aliphatic heterocycles. The van der Waals surface area contributed by atoms with Gasteiger partial charge in [-0.3, -0.25) is 4.79 Å². The Hall–Kier alpha value is -2.43. The molecule has 0 radical (unpaired) electrons. The minimum Gasteiger partial charge on any atom is -0.331 e. The first kappa shape index (κ1) is 24.3. The standard InChI is InChI=1S/C25H28F3N3O3S/c1-30(2)35(33,34)29-22-20(31(15-25(22,27)28)23(32)24-12-16(13-24)14-24)11-18-9-6-10-19(21(18)26)17-7-4-3-5-8-17/h3-10,16,20,22,29H,11-15H2,1-2H3. The fraction of sp³-hybridized carbons (Fsp3) is 0.480. The Bertz CT molecular complexity index is 1240. The van der Waals surface area contributed by atoms with Crippen molar-refractivity contribution in [2.75, 3.05) is 20.6 Å². The summed E-state index contributed by atoms with van der Waals surface area (Å²) in [6.07, 6.45) is 1.78. The van der Waals surface area contributed by atoms with E-state index in [1.165, 1.54) is 20.2 Å². The molecule has 0 spiro atoms. The van der Waals surface area contributed by atoms with Crippen LogP contribution in [0.15, 0.2) is 48.5 Å². The second-order valence-corrected chi connectivity index (χ2v) is 12.2. The molecule has 35 heavy (non-hydrogen) atoms. The summed E-state index contributed by atoms with van der Waals surface area (Å²) in [6, 6.07) is 10.5. The van der Waals surface area contributed by atoms with Gasteiger partial charge in [0, 0.05) is 19.7 Å². The van der Waals surface area contributed by atoms with Crippen LogP contribution in [0.3, 0.4) is 0 Å². The third-order valence-electron chi connectivity index (χ3n) is 7.72. The summed E-state index contributed by atoms with van der Waals surface area (Å²) in [5, 5.41) is 0. The molecule has 1 amide bonds. The number of hydrogen-bond donors (Lipinski definition) is 1. The molecular weight excluding hydrogens is 479 g/mol. The maximum Gasteiger partial charge on any atom is 0.283 e. The fourth-order valence-corrected chi connectivity index (χ4v) is 6.49. The van der Waals surface area contributed by atoms with Gasteiger partial charge in [-0.1, -0.05) is 48.5 Å². The highest BCUT2D eigenvalue weighted by Gasteiger charge is 2.66. The SMILES string of the molecule is CN(C)S(=O)(=O)NC1C(Cc2cccc(-c3ccccc3)c2F)N(C(=O)C23CC(C2)C3)CC1(F)F. The maximum atomic E-state index is 15.6. The van der Waals surface area contributed by atoms with Crippen LogP contribution in [0, 0.1) is 17.2 Å². The molecule has 2 aromatic carbocycles. The van der Waals surface area contributed by atoms with Gasteiger partial charge in [0.2, 0.25) is 5.91 Å². The van der Waals surface area contributed by atoms with Gasteiger partial charge >= 0.3 is 0 Å². The van der Waals surface area contributed by atoms with Crippen molar-refractivity contribution < 1.29 is 26.4 Å². The molecule has 188 valence electrons. The second-order valence-electron chi connectivity index (χ2n) is 10.3. The highest BCUT2D eigenvalue weighted by Crippen LogP contribution is 2.65. The van der Waals surface area contributed by atoms with Crippen molar-refractivity contribution in [1.82, 2.24) is 13.9 Å². The lowest BCUT2D eigenvalue weighted by molar-refractivity contribution is -0.178. The monoisotopic (exact) mass is 507 g/mol. The van der Waals surface area contributed by atoms with Crippen LogP contribution >= 0.6 is 0 Å². The number of carbonyl (C=O) groups excluding carboxylic acids is 1. The number of amides is 1. The lowest BCUT2D eigenvalue weighted by Gasteiger charge is -2.61. The third-order valence-corrected chi connectivity index (χ3v) is 9.24. The van der Waals surface area contributed by atoms with E-state index < -0.39 is 46.0 Å². The Labute approximate surface area is 203 Å². The smallest absolute Gasteiger partial charge is 0.283 e. The van der Waals surface area contributed by atoms with Crippen LogP contribution < -0.4 is 4.72 Å². The van der Waals surface area contributed by atoms with E-state index in [2.05, 4.69) is 4.72 Å². The van der Waals surface area contributed by atoms with E-state index in [4.69, 9.17) is 0 Å². The summed E-state index contributed by atoms with van der Waals surface area (Å²) < 4.78 is 74.2.